The molecule has 178 valence electrons. The van der Waals surface area contributed by atoms with E-state index in [0.29, 0.717) is 23.4 Å². The second kappa shape index (κ2) is 8.11. The van der Waals surface area contributed by atoms with Crippen molar-refractivity contribution < 1.29 is 9.32 Å². The van der Waals surface area contributed by atoms with E-state index < -0.39 is 0 Å². The van der Waals surface area contributed by atoms with E-state index in [-0.39, 0.29) is 16.7 Å². The van der Waals surface area contributed by atoms with E-state index in [4.69, 9.17) is 16.7 Å². The number of thiocarbonyl (C=S) groups is 1. The summed E-state index contributed by atoms with van der Waals surface area (Å²) in [4.78, 5) is 13.0. The number of aryl methyl sites for hydroxylation is 3. The van der Waals surface area contributed by atoms with E-state index in [0.717, 1.165) is 48.6 Å². The quantitative estimate of drug-likeness (QED) is 0.448. The fourth-order valence-electron chi connectivity index (χ4n) is 7.74. The van der Waals surface area contributed by atoms with Crippen molar-refractivity contribution in [2.75, 3.05) is 5.32 Å². The minimum Gasteiger partial charge on any atom is -0.361 e. The number of carbonyl (C=O) groups is 1. The van der Waals surface area contributed by atoms with Crippen molar-refractivity contribution in [3.05, 3.63) is 28.9 Å². The van der Waals surface area contributed by atoms with Crippen molar-refractivity contribution in [3.8, 4) is 0 Å². The third-order valence-electron chi connectivity index (χ3n) is 8.25. The second-order valence-electron chi connectivity index (χ2n) is 10.7. The lowest BCUT2D eigenvalue weighted by molar-refractivity contribution is -0.131. The zero-order valence-corrected chi connectivity index (χ0v) is 20.8. The Labute approximate surface area is 200 Å². The van der Waals surface area contributed by atoms with Gasteiger partial charge in [0.1, 0.15) is 5.76 Å². The molecule has 0 spiro atoms. The maximum absolute atomic E-state index is 13.0. The summed E-state index contributed by atoms with van der Waals surface area (Å²) >= 11 is 5.38. The molecule has 3 N–H and O–H groups in total. The van der Waals surface area contributed by atoms with Gasteiger partial charge in [-0.3, -0.25) is 20.3 Å². The van der Waals surface area contributed by atoms with Gasteiger partial charge in [-0.2, -0.15) is 5.10 Å². The summed E-state index contributed by atoms with van der Waals surface area (Å²) in [7, 11) is 0. The second-order valence-corrected chi connectivity index (χ2v) is 11.1. The Bertz CT molecular complexity index is 1060. The Morgan fingerprint density at radius 1 is 1.21 bits per heavy atom. The van der Waals surface area contributed by atoms with Crippen LogP contribution in [0.2, 0.25) is 0 Å². The van der Waals surface area contributed by atoms with Crippen molar-refractivity contribution in [1.82, 2.24) is 25.8 Å². The molecule has 2 aromatic heterocycles. The largest absolute Gasteiger partial charge is 0.361 e. The zero-order chi connectivity index (χ0) is 23.4. The van der Waals surface area contributed by atoms with Gasteiger partial charge in [0, 0.05) is 23.9 Å². The molecule has 0 aliphatic heterocycles. The Hall–Kier alpha value is -2.42. The lowest BCUT2D eigenvalue weighted by Gasteiger charge is -2.62. The van der Waals surface area contributed by atoms with E-state index in [1.54, 1.807) is 6.20 Å². The van der Waals surface area contributed by atoms with E-state index in [1.165, 1.54) is 24.8 Å². The van der Waals surface area contributed by atoms with Crippen LogP contribution in [-0.4, -0.2) is 26.0 Å². The molecule has 6 rings (SSSR count). The molecule has 8 nitrogen and oxygen atoms in total. The van der Waals surface area contributed by atoms with Crippen LogP contribution < -0.4 is 16.2 Å². The number of anilines is 1. The minimum atomic E-state index is -0.00372. The standard InChI is InChI=1S/C24H34N6O2S/c1-5-30-15(3)19(12-25-30)26-22(33)28-27-20(31)11-23-7-17-6-18(8-23)10-24(9-17,13-23)21-14(2)29-32-16(21)4/h12,17-18H,5-11,13H2,1-4H3,(H,27,31)(H2,26,28,33)/t17-,18-,23?,24?/m0/s1. The molecule has 4 saturated carbocycles. The summed E-state index contributed by atoms with van der Waals surface area (Å²) in [5.41, 5.74) is 10.1. The van der Waals surface area contributed by atoms with Crippen molar-refractivity contribution in [2.45, 2.75) is 84.6 Å². The van der Waals surface area contributed by atoms with E-state index in [1.807, 2.05) is 25.5 Å². The van der Waals surface area contributed by atoms with Gasteiger partial charge in [0.25, 0.3) is 0 Å². The van der Waals surface area contributed by atoms with Gasteiger partial charge >= 0.3 is 0 Å². The number of hydrogen-bond donors (Lipinski definition) is 3. The number of hydrogen-bond acceptors (Lipinski definition) is 5. The van der Waals surface area contributed by atoms with Gasteiger partial charge in [0.15, 0.2) is 5.11 Å². The highest BCUT2D eigenvalue weighted by atomic mass is 32.1. The number of nitrogens with zero attached hydrogens (tertiary/aromatic N) is 3. The van der Waals surface area contributed by atoms with Crippen LogP contribution in [0.5, 0.6) is 0 Å². The average Bonchev–Trinajstić information content (AvgIpc) is 3.26. The highest BCUT2D eigenvalue weighted by Crippen LogP contribution is 2.67. The van der Waals surface area contributed by atoms with Crippen molar-refractivity contribution in [3.63, 3.8) is 0 Å². The van der Waals surface area contributed by atoms with Crippen LogP contribution in [0.3, 0.4) is 0 Å². The fraction of sp³-hybridized carbons (Fsp3) is 0.667. The smallest absolute Gasteiger partial charge is 0.238 e. The van der Waals surface area contributed by atoms with E-state index in [9.17, 15) is 4.79 Å². The molecule has 4 fully saturated rings. The van der Waals surface area contributed by atoms with Crippen molar-refractivity contribution in [2.24, 2.45) is 17.3 Å². The summed E-state index contributed by atoms with van der Waals surface area (Å²) in [6, 6.07) is 0. The normalized spacial score (nSPS) is 29.8. The third-order valence-corrected chi connectivity index (χ3v) is 8.45. The number of nitrogens with one attached hydrogen (secondary N) is 3. The number of hydrazine groups is 1. The molecule has 2 heterocycles. The Morgan fingerprint density at radius 2 is 1.94 bits per heavy atom. The summed E-state index contributed by atoms with van der Waals surface area (Å²) in [6.45, 7) is 8.93. The van der Waals surface area contributed by atoms with Gasteiger partial charge in [-0.25, -0.2) is 0 Å². The molecule has 2 aromatic rings. The zero-order valence-electron chi connectivity index (χ0n) is 20.0. The molecule has 2 atom stereocenters. The minimum absolute atomic E-state index is 0.00372. The van der Waals surface area contributed by atoms with Gasteiger partial charge in [0.05, 0.1) is 23.3 Å². The highest BCUT2D eigenvalue weighted by Gasteiger charge is 2.59. The average molecular weight is 471 g/mol. The van der Waals surface area contributed by atoms with Gasteiger partial charge in [-0.05, 0) is 95.7 Å². The summed E-state index contributed by atoms with van der Waals surface area (Å²) in [6.07, 6.45) is 9.29. The number of aromatic nitrogens is 3. The van der Waals surface area contributed by atoms with Crippen LogP contribution >= 0.6 is 12.2 Å². The SMILES string of the molecule is CCn1ncc(NC(=S)NNC(=O)CC23C[C@@H]4C[C@@H](C2)CC(c2c(C)noc2C)(C4)C3)c1C. The Morgan fingerprint density at radius 3 is 2.55 bits per heavy atom. The van der Waals surface area contributed by atoms with Crippen LogP contribution in [0, 0.1) is 38.0 Å². The van der Waals surface area contributed by atoms with Gasteiger partial charge in [-0.15, -0.1) is 0 Å². The lowest BCUT2D eigenvalue weighted by atomic mass is 9.42. The summed E-state index contributed by atoms with van der Waals surface area (Å²) in [5.74, 6) is 2.31. The van der Waals surface area contributed by atoms with Gasteiger partial charge < -0.3 is 9.84 Å². The molecular formula is C24H34N6O2S. The van der Waals surface area contributed by atoms with E-state index >= 15 is 0 Å². The predicted octanol–water partition coefficient (Wildman–Crippen LogP) is 4.06. The molecule has 4 aliphatic rings. The first-order valence-electron chi connectivity index (χ1n) is 12.0. The molecule has 0 unspecified atom stereocenters. The fourth-order valence-corrected chi connectivity index (χ4v) is 7.91. The van der Waals surface area contributed by atoms with Crippen LogP contribution in [0.15, 0.2) is 10.7 Å². The molecule has 9 heteroatoms. The molecule has 0 radical (unpaired) electrons. The van der Waals surface area contributed by atoms with Gasteiger partial charge in [0.2, 0.25) is 5.91 Å². The molecule has 1 amide bonds. The number of carbonyl (C=O) groups excluding carboxylic acids is 1. The Balaban J connectivity index is 1.24. The first-order chi connectivity index (χ1) is 15.7. The maximum atomic E-state index is 13.0. The monoisotopic (exact) mass is 470 g/mol. The number of rotatable bonds is 5. The van der Waals surface area contributed by atoms with Crippen LogP contribution in [0.25, 0.3) is 0 Å². The van der Waals surface area contributed by atoms with Crippen LogP contribution in [0.4, 0.5) is 5.69 Å². The summed E-state index contributed by atoms with van der Waals surface area (Å²) < 4.78 is 7.46. The van der Waals surface area contributed by atoms with E-state index in [2.05, 4.69) is 33.3 Å². The lowest BCUT2D eigenvalue weighted by Crippen LogP contribution is -2.56. The van der Waals surface area contributed by atoms with Gasteiger partial charge in [-0.1, -0.05) is 5.16 Å². The maximum Gasteiger partial charge on any atom is 0.238 e. The molecule has 0 aromatic carbocycles. The molecule has 33 heavy (non-hydrogen) atoms. The molecule has 0 saturated heterocycles. The molecular weight excluding hydrogens is 436 g/mol. The van der Waals surface area contributed by atoms with Crippen molar-refractivity contribution >= 4 is 28.9 Å². The summed E-state index contributed by atoms with van der Waals surface area (Å²) in [5, 5.41) is 12.1. The third kappa shape index (κ3) is 3.94. The molecule has 4 aliphatic carbocycles. The topological polar surface area (TPSA) is 97.0 Å². The number of amides is 1. The first-order valence-corrected chi connectivity index (χ1v) is 12.4. The predicted molar refractivity (Wildman–Crippen MR) is 130 cm³/mol. The van der Waals surface area contributed by atoms with Crippen LogP contribution in [0.1, 0.15) is 74.6 Å². The molecule has 4 bridgehead atoms. The first kappa shape index (κ1) is 22.4. The highest BCUT2D eigenvalue weighted by molar-refractivity contribution is 7.80. The van der Waals surface area contributed by atoms with Crippen LogP contribution in [-0.2, 0) is 16.8 Å². The van der Waals surface area contributed by atoms with Crippen molar-refractivity contribution in [1.29, 1.82) is 0 Å². The Kier molecular flexibility index (Phi) is 5.50.